The van der Waals surface area contributed by atoms with Crippen LogP contribution in [0.2, 0.25) is 5.02 Å². The van der Waals surface area contributed by atoms with Crippen molar-refractivity contribution >= 4 is 23.6 Å². The smallest absolute Gasteiger partial charge is 0.338 e. The highest BCUT2D eigenvalue weighted by Crippen LogP contribution is 2.28. The standard InChI is InChI=1S/C22H24ClN3O3/c1-3-29-21(27)19-18(13-24-14(2)15-9-11-17(23)12-10-15)25-22(28)26-20(19)16-7-5-4-6-8-16/h4-12,14,20,24H,3,13H2,1-2H3,(H2,25,26,28)/t14-,20+/m1/s1. The summed E-state index contributed by atoms with van der Waals surface area (Å²) in [5.74, 6) is -0.454. The molecule has 0 radical (unpaired) electrons. The van der Waals surface area contributed by atoms with Gasteiger partial charge < -0.3 is 20.7 Å². The molecule has 0 spiro atoms. The molecule has 2 aromatic carbocycles. The maximum atomic E-state index is 12.7. The first kappa shape index (κ1) is 20.9. The summed E-state index contributed by atoms with van der Waals surface area (Å²) in [5, 5.41) is 9.62. The van der Waals surface area contributed by atoms with Gasteiger partial charge in [0.15, 0.2) is 0 Å². The quantitative estimate of drug-likeness (QED) is 0.602. The Balaban J connectivity index is 1.88. The van der Waals surface area contributed by atoms with Crippen molar-refractivity contribution in [3.8, 4) is 0 Å². The number of ether oxygens (including phenoxy) is 1. The van der Waals surface area contributed by atoms with E-state index in [1.807, 2.05) is 61.5 Å². The fourth-order valence-corrected chi connectivity index (χ4v) is 3.35. The molecule has 0 fully saturated rings. The molecule has 0 aromatic heterocycles. The molecule has 0 unspecified atom stereocenters. The average Bonchev–Trinajstić information content (AvgIpc) is 2.72. The minimum absolute atomic E-state index is 0.00910. The molecule has 1 heterocycles. The second kappa shape index (κ2) is 9.58. The molecule has 0 saturated heterocycles. The van der Waals surface area contributed by atoms with Crippen LogP contribution in [0.3, 0.4) is 0 Å². The molecule has 1 aliphatic rings. The molecular weight excluding hydrogens is 390 g/mol. The Labute approximate surface area is 175 Å². The van der Waals surface area contributed by atoms with Crippen molar-refractivity contribution in [2.75, 3.05) is 13.2 Å². The predicted octanol–water partition coefficient (Wildman–Crippen LogP) is 3.86. The molecule has 0 aliphatic carbocycles. The minimum atomic E-state index is -0.577. The van der Waals surface area contributed by atoms with Crippen LogP contribution >= 0.6 is 11.6 Å². The Bertz CT molecular complexity index is 897. The summed E-state index contributed by atoms with van der Waals surface area (Å²) in [7, 11) is 0. The Hall–Kier alpha value is -2.83. The van der Waals surface area contributed by atoms with Crippen LogP contribution in [0.25, 0.3) is 0 Å². The predicted molar refractivity (Wildman–Crippen MR) is 112 cm³/mol. The van der Waals surface area contributed by atoms with Gasteiger partial charge in [-0.2, -0.15) is 0 Å². The van der Waals surface area contributed by atoms with E-state index in [-0.39, 0.29) is 18.7 Å². The van der Waals surface area contributed by atoms with E-state index in [1.165, 1.54) is 0 Å². The maximum Gasteiger partial charge on any atom is 0.338 e. The van der Waals surface area contributed by atoms with E-state index in [0.29, 0.717) is 22.8 Å². The largest absolute Gasteiger partial charge is 0.463 e. The first-order valence-electron chi connectivity index (χ1n) is 9.51. The molecule has 29 heavy (non-hydrogen) atoms. The zero-order valence-electron chi connectivity index (χ0n) is 16.4. The SMILES string of the molecule is CCOC(=O)C1=C(CN[C@H](C)c2ccc(Cl)cc2)NC(=O)N[C@H]1c1ccccc1. The second-order valence-corrected chi connectivity index (χ2v) is 7.15. The Morgan fingerprint density at radius 1 is 1.17 bits per heavy atom. The van der Waals surface area contributed by atoms with Gasteiger partial charge in [-0.05, 0) is 37.1 Å². The number of hydrogen-bond donors (Lipinski definition) is 3. The van der Waals surface area contributed by atoms with Crippen molar-refractivity contribution in [2.24, 2.45) is 0 Å². The van der Waals surface area contributed by atoms with Gasteiger partial charge in [0.25, 0.3) is 0 Å². The third kappa shape index (κ3) is 5.16. The monoisotopic (exact) mass is 413 g/mol. The van der Waals surface area contributed by atoms with Crippen LogP contribution in [-0.4, -0.2) is 25.2 Å². The average molecular weight is 414 g/mol. The number of rotatable bonds is 7. The van der Waals surface area contributed by atoms with Crippen LogP contribution in [-0.2, 0) is 9.53 Å². The van der Waals surface area contributed by atoms with Gasteiger partial charge >= 0.3 is 12.0 Å². The molecule has 2 atom stereocenters. The first-order valence-corrected chi connectivity index (χ1v) is 9.88. The number of carbonyl (C=O) groups is 2. The molecule has 1 aliphatic heterocycles. The molecule has 152 valence electrons. The van der Waals surface area contributed by atoms with Gasteiger partial charge in [0.1, 0.15) is 0 Å². The van der Waals surface area contributed by atoms with Gasteiger partial charge in [-0.1, -0.05) is 54.1 Å². The van der Waals surface area contributed by atoms with E-state index >= 15 is 0 Å². The van der Waals surface area contributed by atoms with Gasteiger partial charge in [-0.3, -0.25) is 0 Å². The molecule has 3 N–H and O–H groups in total. The minimum Gasteiger partial charge on any atom is -0.463 e. The van der Waals surface area contributed by atoms with Crippen molar-refractivity contribution in [1.82, 2.24) is 16.0 Å². The van der Waals surface area contributed by atoms with E-state index in [1.54, 1.807) is 6.92 Å². The van der Waals surface area contributed by atoms with E-state index < -0.39 is 12.0 Å². The number of hydrogen-bond acceptors (Lipinski definition) is 4. The van der Waals surface area contributed by atoms with E-state index in [2.05, 4.69) is 16.0 Å². The van der Waals surface area contributed by atoms with E-state index in [9.17, 15) is 9.59 Å². The number of halogens is 1. The van der Waals surface area contributed by atoms with E-state index in [0.717, 1.165) is 11.1 Å². The topological polar surface area (TPSA) is 79.5 Å². The van der Waals surface area contributed by atoms with Crippen LogP contribution < -0.4 is 16.0 Å². The Kier molecular flexibility index (Phi) is 6.90. The maximum absolute atomic E-state index is 12.7. The first-order chi connectivity index (χ1) is 14.0. The third-order valence-corrected chi connectivity index (χ3v) is 4.99. The summed E-state index contributed by atoms with van der Waals surface area (Å²) >= 11 is 5.96. The van der Waals surface area contributed by atoms with Crippen LogP contribution in [0.4, 0.5) is 4.79 Å². The Morgan fingerprint density at radius 3 is 2.52 bits per heavy atom. The molecule has 2 aromatic rings. The van der Waals surface area contributed by atoms with E-state index in [4.69, 9.17) is 16.3 Å². The summed E-state index contributed by atoms with van der Waals surface area (Å²) in [6.07, 6.45) is 0. The summed E-state index contributed by atoms with van der Waals surface area (Å²) in [5.41, 5.74) is 2.76. The number of urea groups is 1. The van der Waals surface area contributed by atoms with Gasteiger partial charge in [-0.15, -0.1) is 0 Å². The second-order valence-electron chi connectivity index (χ2n) is 6.71. The molecule has 7 heteroatoms. The molecule has 0 saturated carbocycles. The van der Waals surface area contributed by atoms with Crippen molar-refractivity contribution in [2.45, 2.75) is 25.9 Å². The van der Waals surface area contributed by atoms with Crippen molar-refractivity contribution in [1.29, 1.82) is 0 Å². The van der Waals surface area contributed by atoms with Gasteiger partial charge in [-0.25, -0.2) is 9.59 Å². The zero-order valence-corrected chi connectivity index (χ0v) is 17.1. The highest BCUT2D eigenvalue weighted by Gasteiger charge is 2.33. The molecule has 2 amide bonds. The fraction of sp³-hybridized carbons (Fsp3) is 0.273. The third-order valence-electron chi connectivity index (χ3n) is 4.74. The van der Waals surface area contributed by atoms with Gasteiger partial charge in [0.05, 0.1) is 18.2 Å². The number of nitrogens with one attached hydrogen (secondary N) is 3. The lowest BCUT2D eigenvalue weighted by Crippen LogP contribution is -2.48. The highest BCUT2D eigenvalue weighted by molar-refractivity contribution is 6.30. The number of esters is 1. The highest BCUT2D eigenvalue weighted by atomic mass is 35.5. The zero-order chi connectivity index (χ0) is 20.8. The Morgan fingerprint density at radius 2 is 1.86 bits per heavy atom. The van der Waals surface area contributed by atoms with Crippen molar-refractivity contribution in [3.05, 3.63) is 82.0 Å². The summed E-state index contributed by atoms with van der Waals surface area (Å²) < 4.78 is 5.27. The lowest BCUT2D eigenvalue weighted by atomic mass is 9.95. The lowest BCUT2D eigenvalue weighted by molar-refractivity contribution is -0.139. The van der Waals surface area contributed by atoms with Crippen LogP contribution in [0.1, 0.15) is 37.1 Å². The lowest BCUT2D eigenvalue weighted by Gasteiger charge is -2.30. The number of carbonyl (C=O) groups excluding carboxylic acids is 2. The fourth-order valence-electron chi connectivity index (χ4n) is 3.23. The molecule has 3 rings (SSSR count). The number of benzene rings is 2. The number of amides is 2. The molecular formula is C22H24ClN3O3. The summed E-state index contributed by atoms with van der Waals surface area (Å²) in [6, 6.07) is 16.0. The normalized spacial score (nSPS) is 17.3. The van der Waals surface area contributed by atoms with Gasteiger partial charge in [0.2, 0.25) is 0 Å². The summed E-state index contributed by atoms with van der Waals surface area (Å²) in [6.45, 7) is 4.31. The van der Waals surface area contributed by atoms with Crippen molar-refractivity contribution in [3.63, 3.8) is 0 Å². The van der Waals surface area contributed by atoms with Crippen LogP contribution in [0, 0.1) is 0 Å². The van der Waals surface area contributed by atoms with Crippen molar-refractivity contribution < 1.29 is 14.3 Å². The van der Waals surface area contributed by atoms with Crippen LogP contribution in [0.15, 0.2) is 65.9 Å². The summed E-state index contributed by atoms with van der Waals surface area (Å²) in [4.78, 5) is 25.0. The molecule has 0 bridgehead atoms. The van der Waals surface area contributed by atoms with Crippen LogP contribution in [0.5, 0.6) is 0 Å². The molecule has 6 nitrogen and oxygen atoms in total. The van der Waals surface area contributed by atoms with Gasteiger partial charge in [0, 0.05) is 23.3 Å².